The van der Waals surface area contributed by atoms with Gasteiger partial charge in [-0.05, 0) is 6.07 Å². The van der Waals surface area contributed by atoms with Crippen LogP contribution in [0, 0.1) is 0 Å². The zero-order valence-corrected chi connectivity index (χ0v) is 16.3. The first-order valence-corrected chi connectivity index (χ1v) is 9.52. The Morgan fingerprint density at radius 1 is 1.21 bits per heavy atom. The number of ether oxygens (including phenoxy) is 3. The summed E-state index contributed by atoms with van der Waals surface area (Å²) in [5.41, 5.74) is 2.05. The van der Waals surface area contributed by atoms with Crippen LogP contribution in [0.5, 0.6) is 11.5 Å². The van der Waals surface area contributed by atoms with Gasteiger partial charge in [-0.25, -0.2) is 0 Å². The number of amides is 1. The summed E-state index contributed by atoms with van der Waals surface area (Å²) in [6, 6.07) is 11.2. The highest BCUT2D eigenvalue weighted by molar-refractivity contribution is 6.34. The molecule has 1 N–H and O–H groups in total. The van der Waals surface area contributed by atoms with Crippen LogP contribution in [0.1, 0.15) is 16.8 Å². The Bertz CT molecular complexity index is 1020. The van der Waals surface area contributed by atoms with E-state index >= 15 is 0 Å². The second-order valence-corrected chi connectivity index (χ2v) is 6.94. The van der Waals surface area contributed by atoms with Crippen molar-refractivity contribution in [1.29, 1.82) is 0 Å². The molecular formula is C21H21ClN2O4. The van der Waals surface area contributed by atoms with E-state index in [1.54, 1.807) is 19.2 Å². The minimum atomic E-state index is -0.233. The van der Waals surface area contributed by atoms with Gasteiger partial charge in [0.25, 0.3) is 5.91 Å². The average molecular weight is 401 g/mol. The second kappa shape index (κ2) is 8.12. The maximum Gasteiger partial charge on any atom is 0.257 e. The van der Waals surface area contributed by atoms with E-state index < -0.39 is 0 Å². The van der Waals surface area contributed by atoms with Crippen molar-refractivity contribution in [2.75, 3.05) is 32.2 Å². The molecule has 2 aromatic carbocycles. The summed E-state index contributed by atoms with van der Waals surface area (Å²) in [5, 5.41) is 4.19. The van der Waals surface area contributed by atoms with E-state index in [9.17, 15) is 4.79 Å². The number of rotatable bonds is 5. The third-order valence-electron chi connectivity index (χ3n) is 4.65. The lowest BCUT2D eigenvalue weighted by Gasteiger charge is -2.12. The summed E-state index contributed by atoms with van der Waals surface area (Å²) in [5.74, 6) is 0.945. The van der Waals surface area contributed by atoms with Gasteiger partial charge in [-0.1, -0.05) is 29.8 Å². The largest absolute Gasteiger partial charge is 0.490 e. The molecule has 28 heavy (non-hydrogen) atoms. The van der Waals surface area contributed by atoms with E-state index in [2.05, 4.69) is 5.32 Å². The lowest BCUT2D eigenvalue weighted by Crippen LogP contribution is -2.12. The van der Waals surface area contributed by atoms with Crippen molar-refractivity contribution < 1.29 is 19.0 Å². The summed E-state index contributed by atoms with van der Waals surface area (Å²) in [6.45, 7) is 2.37. The van der Waals surface area contributed by atoms with Gasteiger partial charge in [-0.3, -0.25) is 4.79 Å². The van der Waals surface area contributed by atoms with Crippen molar-refractivity contribution in [3.63, 3.8) is 0 Å². The number of anilines is 1. The van der Waals surface area contributed by atoms with E-state index in [1.165, 1.54) is 0 Å². The first-order valence-electron chi connectivity index (χ1n) is 9.14. The standard InChI is InChI=1S/C21H21ClN2O4/c1-26-10-7-24-13-15(14-5-2-3-6-18(14)24)21(25)23-17-12-20-19(11-16(17)22)27-8-4-9-28-20/h2-3,5-6,11-13H,4,7-10H2,1H3,(H,23,25). The molecule has 0 fully saturated rings. The molecule has 0 atom stereocenters. The Morgan fingerprint density at radius 2 is 1.96 bits per heavy atom. The van der Waals surface area contributed by atoms with Crippen LogP contribution in [0.2, 0.25) is 5.02 Å². The molecule has 0 radical (unpaired) electrons. The molecule has 0 aliphatic carbocycles. The molecule has 0 saturated carbocycles. The highest BCUT2D eigenvalue weighted by Gasteiger charge is 2.19. The van der Waals surface area contributed by atoms with Gasteiger partial charge < -0.3 is 24.1 Å². The number of hydrogen-bond acceptors (Lipinski definition) is 4. The molecule has 1 aliphatic rings. The fourth-order valence-corrected chi connectivity index (χ4v) is 3.47. The number of nitrogens with zero attached hydrogens (tertiary/aromatic N) is 1. The zero-order valence-electron chi connectivity index (χ0n) is 15.5. The zero-order chi connectivity index (χ0) is 19.5. The molecule has 4 rings (SSSR count). The lowest BCUT2D eigenvalue weighted by atomic mass is 10.1. The molecule has 1 aromatic heterocycles. The van der Waals surface area contributed by atoms with E-state index in [0.717, 1.165) is 17.3 Å². The summed E-state index contributed by atoms with van der Waals surface area (Å²) in [6.07, 6.45) is 2.64. The number of nitrogens with one attached hydrogen (secondary N) is 1. The van der Waals surface area contributed by atoms with Crippen molar-refractivity contribution in [2.24, 2.45) is 0 Å². The van der Waals surface area contributed by atoms with Gasteiger partial charge in [-0.2, -0.15) is 0 Å². The predicted octanol–water partition coefficient (Wildman–Crippen LogP) is 4.35. The van der Waals surface area contributed by atoms with Crippen LogP contribution in [-0.4, -0.2) is 37.4 Å². The second-order valence-electron chi connectivity index (χ2n) is 6.53. The Hall–Kier alpha value is -2.70. The van der Waals surface area contributed by atoms with E-state index in [0.29, 0.717) is 54.1 Å². The number of methoxy groups -OCH3 is 1. The number of benzene rings is 2. The minimum Gasteiger partial charge on any atom is -0.490 e. The number of carbonyl (C=O) groups is 1. The van der Waals surface area contributed by atoms with Crippen LogP contribution in [-0.2, 0) is 11.3 Å². The van der Waals surface area contributed by atoms with E-state index in [1.807, 2.05) is 35.0 Å². The molecule has 1 aliphatic heterocycles. The molecule has 0 spiro atoms. The van der Waals surface area contributed by atoms with Gasteiger partial charge in [0.05, 0.1) is 36.1 Å². The van der Waals surface area contributed by atoms with Gasteiger partial charge >= 0.3 is 0 Å². The van der Waals surface area contributed by atoms with Crippen LogP contribution >= 0.6 is 11.6 Å². The molecule has 146 valence electrons. The third kappa shape index (κ3) is 3.66. The van der Waals surface area contributed by atoms with Gasteiger partial charge in [0, 0.05) is 49.3 Å². The maximum atomic E-state index is 13.0. The average Bonchev–Trinajstić information content (AvgIpc) is 2.92. The van der Waals surface area contributed by atoms with Gasteiger partial charge in [0.15, 0.2) is 11.5 Å². The van der Waals surface area contributed by atoms with Crippen LogP contribution in [0.15, 0.2) is 42.6 Å². The van der Waals surface area contributed by atoms with Crippen LogP contribution in [0.4, 0.5) is 5.69 Å². The number of carbonyl (C=O) groups excluding carboxylic acids is 1. The summed E-state index contributed by atoms with van der Waals surface area (Å²) >= 11 is 6.37. The quantitative estimate of drug-likeness (QED) is 0.691. The molecule has 6 nitrogen and oxygen atoms in total. The highest BCUT2D eigenvalue weighted by Crippen LogP contribution is 2.38. The molecule has 7 heteroatoms. The van der Waals surface area contributed by atoms with Crippen LogP contribution in [0.3, 0.4) is 0 Å². The Balaban J connectivity index is 1.65. The fraction of sp³-hybridized carbons (Fsp3) is 0.286. The molecule has 0 unspecified atom stereocenters. The van der Waals surface area contributed by atoms with Crippen molar-refractivity contribution >= 4 is 34.1 Å². The van der Waals surface area contributed by atoms with Gasteiger partial charge in [0.1, 0.15) is 0 Å². The van der Waals surface area contributed by atoms with Crippen molar-refractivity contribution in [3.05, 3.63) is 53.2 Å². The minimum absolute atomic E-state index is 0.233. The topological polar surface area (TPSA) is 61.7 Å². The van der Waals surface area contributed by atoms with Crippen molar-refractivity contribution in [1.82, 2.24) is 4.57 Å². The SMILES string of the molecule is COCCn1cc(C(=O)Nc2cc3c(cc2Cl)OCCCO3)c2ccccc21. The fourth-order valence-electron chi connectivity index (χ4n) is 3.27. The number of halogens is 1. The number of para-hydroxylation sites is 1. The smallest absolute Gasteiger partial charge is 0.257 e. The molecular weight excluding hydrogens is 380 g/mol. The summed E-state index contributed by atoms with van der Waals surface area (Å²) < 4.78 is 18.5. The normalized spacial score (nSPS) is 13.4. The molecule has 0 saturated heterocycles. The van der Waals surface area contributed by atoms with Crippen molar-refractivity contribution in [3.8, 4) is 11.5 Å². The maximum absolute atomic E-state index is 13.0. The number of hydrogen-bond donors (Lipinski definition) is 1. The molecule has 3 aromatic rings. The Morgan fingerprint density at radius 3 is 2.75 bits per heavy atom. The summed E-state index contributed by atoms with van der Waals surface area (Å²) in [7, 11) is 1.66. The third-order valence-corrected chi connectivity index (χ3v) is 4.97. The van der Waals surface area contributed by atoms with Gasteiger partial charge in [0.2, 0.25) is 0 Å². The first-order chi connectivity index (χ1) is 13.7. The van der Waals surface area contributed by atoms with Gasteiger partial charge in [-0.15, -0.1) is 0 Å². The predicted molar refractivity (Wildman–Crippen MR) is 109 cm³/mol. The molecule has 2 heterocycles. The molecule has 0 bridgehead atoms. The Kier molecular flexibility index (Phi) is 5.41. The lowest BCUT2D eigenvalue weighted by molar-refractivity contribution is 0.102. The van der Waals surface area contributed by atoms with E-state index in [4.69, 9.17) is 25.8 Å². The number of fused-ring (bicyclic) bond motifs is 2. The highest BCUT2D eigenvalue weighted by atomic mass is 35.5. The monoisotopic (exact) mass is 400 g/mol. The van der Waals surface area contributed by atoms with Crippen LogP contribution in [0.25, 0.3) is 10.9 Å². The van der Waals surface area contributed by atoms with E-state index in [-0.39, 0.29) is 5.91 Å². The van der Waals surface area contributed by atoms with Crippen molar-refractivity contribution in [2.45, 2.75) is 13.0 Å². The van der Waals surface area contributed by atoms with Crippen LogP contribution < -0.4 is 14.8 Å². The molecule has 1 amide bonds. The summed E-state index contributed by atoms with van der Waals surface area (Å²) in [4.78, 5) is 13.0. The Labute approximate surface area is 167 Å². The number of aromatic nitrogens is 1. The first kappa shape index (κ1) is 18.7.